The number of hydrogen-bond acceptors (Lipinski definition) is 5. The Morgan fingerprint density at radius 3 is 2.75 bits per heavy atom. The predicted molar refractivity (Wildman–Crippen MR) is 122 cm³/mol. The third-order valence-electron chi connectivity index (χ3n) is 5.24. The molecule has 0 fully saturated rings. The smallest absolute Gasteiger partial charge is 0.396 e. The number of rotatable bonds is 5. The summed E-state index contributed by atoms with van der Waals surface area (Å²) in [6.07, 6.45) is -0.943. The SMILES string of the molecule is Cc1ncc(CCCO)cc1Nc1ccc2c(n1)-c1ccc(C(F)(F)F)cc1NC(=S)C2. The summed E-state index contributed by atoms with van der Waals surface area (Å²) in [6, 6.07) is 9.21. The number of aliphatic hydroxyl groups is 1. The molecule has 32 heavy (non-hydrogen) atoms. The number of benzene rings is 1. The van der Waals surface area contributed by atoms with E-state index < -0.39 is 11.7 Å². The molecular formula is C23H21F3N4OS. The van der Waals surface area contributed by atoms with E-state index in [1.54, 1.807) is 6.20 Å². The molecule has 5 nitrogen and oxygen atoms in total. The number of nitrogens with zero attached hydrogens (tertiary/aromatic N) is 2. The lowest BCUT2D eigenvalue weighted by molar-refractivity contribution is -0.137. The molecule has 4 rings (SSSR count). The van der Waals surface area contributed by atoms with E-state index in [4.69, 9.17) is 22.3 Å². The maximum absolute atomic E-state index is 13.2. The molecule has 0 saturated carbocycles. The van der Waals surface area contributed by atoms with Crippen LogP contribution < -0.4 is 10.6 Å². The summed E-state index contributed by atoms with van der Waals surface area (Å²) in [5, 5.41) is 15.3. The Morgan fingerprint density at radius 1 is 1.19 bits per heavy atom. The Bertz CT molecular complexity index is 1180. The van der Waals surface area contributed by atoms with Crippen LogP contribution in [0.25, 0.3) is 11.3 Å². The molecule has 1 aromatic carbocycles. The molecule has 3 N–H and O–H groups in total. The molecule has 3 heterocycles. The van der Waals surface area contributed by atoms with Crippen LogP contribution in [0, 0.1) is 6.92 Å². The van der Waals surface area contributed by atoms with E-state index in [0.717, 1.165) is 34.6 Å². The van der Waals surface area contributed by atoms with Crippen LogP contribution in [0.15, 0.2) is 42.6 Å². The molecule has 1 aliphatic heterocycles. The second-order valence-electron chi connectivity index (χ2n) is 7.62. The Labute approximate surface area is 188 Å². The van der Waals surface area contributed by atoms with E-state index in [1.165, 1.54) is 6.07 Å². The lowest BCUT2D eigenvalue weighted by atomic mass is 10.0. The number of anilines is 3. The van der Waals surface area contributed by atoms with Crippen molar-refractivity contribution in [3.63, 3.8) is 0 Å². The Balaban J connectivity index is 1.72. The number of thiocarbonyl (C=S) groups is 1. The van der Waals surface area contributed by atoms with E-state index in [1.807, 2.05) is 25.1 Å². The van der Waals surface area contributed by atoms with Gasteiger partial charge in [-0.3, -0.25) is 4.98 Å². The molecule has 1 aliphatic rings. The average molecular weight is 459 g/mol. The van der Waals surface area contributed by atoms with Crippen LogP contribution in [-0.2, 0) is 19.0 Å². The average Bonchev–Trinajstić information content (AvgIpc) is 2.88. The molecule has 0 spiro atoms. The molecule has 0 saturated heterocycles. The summed E-state index contributed by atoms with van der Waals surface area (Å²) in [7, 11) is 0. The van der Waals surface area contributed by atoms with Gasteiger partial charge in [0.1, 0.15) is 5.82 Å². The molecule has 3 aromatic rings. The molecule has 9 heteroatoms. The molecule has 0 unspecified atom stereocenters. The highest BCUT2D eigenvalue weighted by molar-refractivity contribution is 7.80. The quantitative estimate of drug-likeness (QED) is 0.443. The lowest BCUT2D eigenvalue weighted by Gasteiger charge is -2.15. The van der Waals surface area contributed by atoms with E-state index in [2.05, 4.69) is 15.6 Å². The fraction of sp³-hybridized carbons (Fsp3) is 0.261. The number of nitrogens with one attached hydrogen (secondary N) is 2. The minimum Gasteiger partial charge on any atom is -0.396 e. The van der Waals surface area contributed by atoms with E-state index in [-0.39, 0.29) is 12.3 Å². The van der Waals surface area contributed by atoms with Gasteiger partial charge in [-0.15, -0.1) is 0 Å². The summed E-state index contributed by atoms with van der Waals surface area (Å²) >= 11 is 5.32. The summed E-state index contributed by atoms with van der Waals surface area (Å²) in [5.41, 5.74) is 4.06. The van der Waals surface area contributed by atoms with Crippen molar-refractivity contribution in [2.24, 2.45) is 0 Å². The first-order valence-electron chi connectivity index (χ1n) is 10.1. The molecule has 0 radical (unpaired) electrons. The molecule has 0 aliphatic carbocycles. The van der Waals surface area contributed by atoms with E-state index in [9.17, 15) is 13.2 Å². The normalized spacial score (nSPS) is 13.1. The number of alkyl halides is 3. The van der Waals surface area contributed by atoms with E-state index in [0.29, 0.717) is 41.3 Å². The zero-order chi connectivity index (χ0) is 22.9. The van der Waals surface area contributed by atoms with Gasteiger partial charge in [0.05, 0.1) is 27.6 Å². The van der Waals surface area contributed by atoms with Crippen LogP contribution in [0.4, 0.5) is 30.4 Å². The highest BCUT2D eigenvalue weighted by Crippen LogP contribution is 2.38. The maximum Gasteiger partial charge on any atom is 0.416 e. The van der Waals surface area contributed by atoms with Crippen molar-refractivity contribution >= 4 is 34.4 Å². The zero-order valence-corrected chi connectivity index (χ0v) is 18.1. The highest BCUT2D eigenvalue weighted by atomic mass is 32.1. The zero-order valence-electron chi connectivity index (χ0n) is 17.3. The molecule has 2 aromatic heterocycles. The van der Waals surface area contributed by atoms with Gasteiger partial charge in [0.25, 0.3) is 0 Å². The fourth-order valence-corrected chi connectivity index (χ4v) is 3.86. The maximum atomic E-state index is 13.2. The van der Waals surface area contributed by atoms with Crippen molar-refractivity contribution in [1.82, 2.24) is 9.97 Å². The lowest BCUT2D eigenvalue weighted by Crippen LogP contribution is -2.11. The van der Waals surface area contributed by atoms with Crippen LogP contribution in [0.3, 0.4) is 0 Å². The van der Waals surface area contributed by atoms with Gasteiger partial charge in [0, 0.05) is 30.5 Å². The standard InChI is InChI=1S/C23H21F3N4OS/c1-13-18(9-14(12-27-13)3-2-8-31)28-20-7-4-15-10-21(32)29-19-11-16(23(24,25)26)5-6-17(19)22(15)30-20/h4-7,9,11-12,31H,2-3,8,10H2,1H3,(H,28,30)(H,29,32). The van der Waals surface area contributed by atoms with Crippen molar-refractivity contribution in [2.45, 2.75) is 32.4 Å². The van der Waals surface area contributed by atoms with E-state index >= 15 is 0 Å². The van der Waals surface area contributed by atoms with Crippen molar-refractivity contribution < 1.29 is 18.3 Å². The second-order valence-corrected chi connectivity index (χ2v) is 8.11. The summed E-state index contributed by atoms with van der Waals surface area (Å²) in [4.78, 5) is 9.55. The topological polar surface area (TPSA) is 70.1 Å². The third kappa shape index (κ3) is 4.73. The Morgan fingerprint density at radius 2 is 2.00 bits per heavy atom. The predicted octanol–water partition coefficient (Wildman–Crippen LogP) is 5.43. The van der Waals surface area contributed by atoms with Gasteiger partial charge in [0.2, 0.25) is 0 Å². The van der Waals surface area contributed by atoms with Crippen LogP contribution in [-0.4, -0.2) is 26.7 Å². The number of aryl methyl sites for hydroxylation is 2. The van der Waals surface area contributed by atoms with Crippen LogP contribution in [0.2, 0.25) is 0 Å². The Kier molecular flexibility index (Phi) is 6.12. The Hall–Kier alpha value is -3.04. The van der Waals surface area contributed by atoms with Crippen molar-refractivity contribution in [3.8, 4) is 11.3 Å². The number of halogens is 3. The van der Waals surface area contributed by atoms with Crippen molar-refractivity contribution in [2.75, 3.05) is 17.2 Å². The van der Waals surface area contributed by atoms with Gasteiger partial charge in [0.15, 0.2) is 0 Å². The fourth-order valence-electron chi connectivity index (χ4n) is 3.59. The van der Waals surface area contributed by atoms with Gasteiger partial charge < -0.3 is 15.7 Å². The number of hydrogen-bond donors (Lipinski definition) is 3. The third-order valence-corrected chi connectivity index (χ3v) is 5.48. The van der Waals surface area contributed by atoms with Gasteiger partial charge in [-0.05, 0) is 55.2 Å². The van der Waals surface area contributed by atoms with Crippen molar-refractivity contribution in [3.05, 3.63) is 65.0 Å². The largest absolute Gasteiger partial charge is 0.416 e. The molecule has 0 bridgehead atoms. The number of pyridine rings is 2. The monoisotopic (exact) mass is 458 g/mol. The number of aliphatic hydroxyl groups excluding tert-OH is 1. The molecule has 0 amide bonds. The summed E-state index contributed by atoms with van der Waals surface area (Å²) in [5.74, 6) is 0.548. The highest BCUT2D eigenvalue weighted by Gasteiger charge is 2.32. The first-order valence-corrected chi connectivity index (χ1v) is 10.5. The summed E-state index contributed by atoms with van der Waals surface area (Å²) < 4.78 is 39.6. The molecule has 166 valence electrons. The van der Waals surface area contributed by atoms with Crippen LogP contribution in [0.1, 0.15) is 28.8 Å². The van der Waals surface area contributed by atoms with Crippen LogP contribution >= 0.6 is 12.2 Å². The first kappa shape index (κ1) is 22.2. The minimum atomic E-state index is -4.45. The van der Waals surface area contributed by atoms with Crippen molar-refractivity contribution in [1.29, 1.82) is 0 Å². The molecular weight excluding hydrogens is 437 g/mol. The number of aromatic nitrogens is 2. The minimum absolute atomic E-state index is 0.106. The molecule has 0 atom stereocenters. The van der Waals surface area contributed by atoms with Gasteiger partial charge in [-0.1, -0.05) is 24.4 Å². The number of fused-ring (bicyclic) bond motifs is 3. The van der Waals surface area contributed by atoms with Crippen LogP contribution in [0.5, 0.6) is 0 Å². The first-order chi connectivity index (χ1) is 15.2. The van der Waals surface area contributed by atoms with Gasteiger partial charge >= 0.3 is 6.18 Å². The van der Waals surface area contributed by atoms with Gasteiger partial charge in [-0.25, -0.2) is 4.98 Å². The summed E-state index contributed by atoms with van der Waals surface area (Å²) in [6.45, 7) is 1.98. The second kappa shape index (κ2) is 8.84. The van der Waals surface area contributed by atoms with Gasteiger partial charge in [-0.2, -0.15) is 13.2 Å².